The number of morpholine rings is 1. The minimum Gasteiger partial charge on any atom is -0.452 e. The minimum absolute atomic E-state index is 0.0709. The standard InChI is InChI=1S/C20H22ClN3O4/c1-13-11-14(2)22-19(21)18(13)20(26)28-12-17(25)23-15-3-5-16(6-4-15)24-7-9-27-10-8-24/h3-6,11H,7-10,12H2,1-2H3,(H,23,25). The summed E-state index contributed by atoms with van der Waals surface area (Å²) in [5.74, 6) is -1.10. The summed E-state index contributed by atoms with van der Waals surface area (Å²) >= 11 is 6.03. The minimum atomic E-state index is -0.673. The van der Waals surface area contributed by atoms with Gasteiger partial charge in [-0.25, -0.2) is 9.78 Å². The van der Waals surface area contributed by atoms with Gasteiger partial charge >= 0.3 is 5.97 Å². The van der Waals surface area contributed by atoms with Crippen LogP contribution in [0.25, 0.3) is 0 Å². The van der Waals surface area contributed by atoms with Gasteiger partial charge < -0.3 is 19.7 Å². The smallest absolute Gasteiger partial charge is 0.342 e. The first-order valence-electron chi connectivity index (χ1n) is 8.97. The van der Waals surface area contributed by atoms with Crippen LogP contribution < -0.4 is 10.2 Å². The first-order chi connectivity index (χ1) is 13.4. The van der Waals surface area contributed by atoms with E-state index in [9.17, 15) is 9.59 Å². The largest absolute Gasteiger partial charge is 0.452 e. The highest BCUT2D eigenvalue weighted by atomic mass is 35.5. The first-order valence-corrected chi connectivity index (χ1v) is 9.35. The fraction of sp³-hybridized carbons (Fsp3) is 0.350. The number of nitrogens with zero attached hydrogens (tertiary/aromatic N) is 2. The molecular weight excluding hydrogens is 382 g/mol. The summed E-state index contributed by atoms with van der Waals surface area (Å²) in [4.78, 5) is 30.6. The second-order valence-corrected chi connectivity index (χ2v) is 6.87. The van der Waals surface area contributed by atoms with Gasteiger partial charge in [0.2, 0.25) is 0 Å². The van der Waals surface area contributed by atoms with Gasteiger partial charge in [0.25, 0.3) is 5.91 Å². The van der Waals surface area contributed by atoms with E-state index in [0.717, 1.165) is 18.8 Å². The molecule has 1 fully saturated rings. The second kappa shape index (κ2) is 9.03. The van der Waals surface area contributed by atoms with Crippen molar-refractivity contribution < 1.29 is 19.1 Å². The third-order valence-corrected chi connectivity index (χ3v) is 4.64. The van der Waals surface area contributed by atoms with Gasteiger partial charge in [0, 0.05) is 30.2 Å². The Labute approximate surface area is 168 Å². The Balaban J connectivity index is 1.53. The van der Waals surface area contributed by atoms with E-state index in [1.54, 1.807) is 19.9 Å². The maximum Gasteiger partial charge on any atom is 0.342 e. The Morgan fingerprint density at radius 2 is 1.89 bits per heavy atom. The van der Waals surface area contributed by atoms with Gasteiger partial charge in [-0.1, -0.05) is 11.6 Å². The molecule has 2 aromatic rings. The van der Waals surface area contributed by atoms with Crippen LogP contribution in [0.5, 0.6) is 0 Å². The molecular formula is C20H22ClN3O4. The zero-order valence-corrected chi connectivity index (χ0v) is 16.6. The van der Waals surface area contributed by atoms with E-state index in [-0.39, 0.29) is 10.7 Å². The van der Waals surface area contributed by atoms with Crippen LogP contribution in [-0.4, -0.2) is 49.8 Å². The Bertz CT molecular complexity index is 841. The van der Waals surface area contributed by atoms with E-state index < -0.39 is 18.5 Å². The first kappa shape index (κ1) is 20.1. The highest BCUT2D eigenvalue weighted by Crippen LogP contribution is 2.20. The van der Waals surface area contributed by atoms with Gasteiger partial charge in [-0.15, -0.1) is 0 Å². The van der Waals surface area contributed by atoms with E-state index >= 15 is 0 Å². The molecule has 1 amide bonds. The predicted octanol–water partition coefficient (Wildman–Crippen LogP) is 2.98. The van der Waals surface area contributed by atoms with Gasteiger partial charge in [-0.05, 0) is 49.7 Å². The number of halogens is 1. The monoisotopic (exact) mass is 403 g/mol. The lowest BCUT2D eigenvalue weighted by molar-refractivity contribution is -0.119. The van der Waals surface area contributed by atoms with E-state index in [2.05, 4.69) is 15.2 Å². The SMILES string of the molecule is Cc1cc(C)c(C(=O)OCC(=O)Nc2ccc(N3CCOCC3)cc2)c(Cl)n1. The highest BCUT2D eigenvalue weighted by Gasteiger charge is 2.18. The molecule has 1 aliphatic rings. The van der Waals surface area contributed by atoms with Gasteiger partial charge in [-0.3, -0.25) is 4.79 Å². The zero-order chi connectivity index (χ0) is 20.1. The third-order valence-electron chi connectivity index (χ3n) is 4.37. The number of esters is 1. The number of hydrogen-bond donors (Lipinski definition) is 1. The average Bonchev–Trinajstić information content (AvgIpc) is 2.67. The van der Waals surface area contributed by atoms with Crippen LogP contribution in [0.15, 0.2) is 30.3 Å². The summed E-state index contributed by atoms with van der Waals surface area (Å²) in [5.41, 5.74) is 3.24. The topological polar surface area (TPSA) is 80.8 Å². The molecule has 0 unspecified atom stereocenters. The van der Waals surface area contributed by atoms with Crippen molar-refractivity contribution in [3.05, 3.63) is 52.3 Å². The fourth-order valence-electron chi connectivity index (χ4n) is 3.01. The number of amides is 1. The molecule has 0 atom stereocenters. The summed E-state index contributed by atoms with van der Waals surface area (Å²) < 4.78 is 10.4. The van der Waals surface area contributed by atoms with Crippen molar-refractivity contribution in [2.45, 2.75) is 13.8 Å². The quantitative estimate of drug-likeness (QED) is 0.610. The van der Waals surface area contributed by atoms with Crippen molar-refractivity contribution in [3.8, 4) is 0 Å². The molecule has 1 aliphatic heterocycles. The van der Waals surface area contributed by atoms with Gasteiger partial charge in [-0.2, -0.15) is 0 Å². The van der Waals surface area contributed by atoms with Gasteiger partial charge in [0.15, 0.2) is 6.61 Å². The number of carbonyl (C=O) groups is 2. The van der Waals surface area contributed by atoms with Gasteiger partial charge in [0.05, 0.1) is 18.8 Å². The molecule has 1 aromatic heterocycles. The molecule has 28 heavy (non-hydrogen) atoms. The number of rotatable bonds is 5. The fourth-order valence-corrected chi connectivity index (χ4v) is 3.37. The molecule has 0 radical (unpaired) electrons. The molecule has 1 N–H and O–H groups in total. The van der Waals surface area contributed by atoms with Crippen molar-refractivity contribution >= 4 is 34.9 Å². The number of anilines is 2. The second-order valence-electron chi connectivity index (χ2n) is 6.52. The predicted molar refractivity (Wildman–Crippen MR) is 107 cm³/mol. The molecule has 8 heteroatoms. The number of carbonyl (C=O) groups excluding carboxylic acids is 2. The maximum atomic E-state index is 12.2. The Morgan fingerprint density at radius 3 is 2.54 bits per heavy atom. The van der Waals surface area contributed by atoms with Crippen LogP contribution in [0.1, 0.15) is 21.6 Å². The van der Waals surface area contributed by atoms with Crippen LogP contribution in [-0.2, 0) is 14.3 Å². The Hall–Kier alpha value is -2.64. The number of ether oxygens (including phenoxy) is 2. The maximum absolute atomic E-state index is 12.2. The van der Waals surface area contributed by atoms with Crippen molar-refractivity contribution in [2.24, 2.45) is 0 Å². The molecule has 7 nitrogen and oxygen atoms in total. The molecule has 148 valence electrons. The van der Waals surface area contributed by atoms with Crippen LogP contribution in [0.4, 0.5) is 11.4 Å². The van der Waals surface area contributed by atoms with Gasteiger partial charge in [0.1, 0.15) is 5.15 Å². The number of hydrogen-bond acceptors (Lipinski definition) is 6. The summed E-state index contributed by atoms with van der Waals surface area (Å²) in [7, 11) is 0. The Kier molecular flexibility index (Phi) is 6.49. The van der Waals surface area contributed by atoms with E-state index in [1.807, 2.05) is 24.3 Å². The van der Waals surface area contributed by atoms with Crippen LogP contribution in [0.3, 0.4) is 0 Å². The number of benzene rings is 1. The number of aromatic nitrogens is 1. The summed E-state index contributed by atoms with van der Waals surface area (Å²) in [5, 5.41) is 2.78. The lowest BCUT2D eigenvalue weighted by Crippen LogP contribution is -2.36. The van der Waals surface area contributed by atoms with E-state index in [4.69, 9.17) is 21.1 Å². The third kappa shape index (κ3) is 4.99. The summed E-state index contributed by atoms with van der Waals surface area (Å²) in [6, 6.07) is 9.24. The van der Waals surface area contributed by atoms with Crippen molar-refractivity contribution in [3.63, 3.8) is 0 Å². The zero-order valence-electron chi connectivity index (χ0n) is 15.8. The lowest BCUT2D eigenvalue weighted by Gasteiger charge is -2.28. The molecule has 1 saturated heterocycles. The average molecular weight is 404 g/mol. The van der Waals surface area contributed by atoms with E-state index in [0.29, 0.717) is 30.2 Å². The molecule has 0 saturated carbocycles. The number of aryl methyl sites for hydroxylation is 2. The van der Waals surface area contributed by atoms with Crippen molar-refractivity contribution in [1.82, 2.24) is 4.98 Å². The molecule has 0 aliphatic carbocycles. The number of nitrogens with one attached hydrogen (secondary N) is 1. The highest BCUT2D eigenvalue weighted by molar-refractivity contribution is 6.32. The number of pyridine rings is 1. The van der Waals surface area contributed by atoms with Crippen molar-refractivity contribution in [2.75, 3.05) is 43.1 Å². The molecule has 3 rings (SSSR count). The normalized spacial score (nSPS) is 13.9. The molecule has 0 spiro atoms. The summed E-state index contributed by atoms with van der Waals surface area (Å²) in [6.45, 7) is 6.23. The van der Waals surface area contributed by atoms with Crippen molar-refractivity contribution in [1.29, 1.82) is 0 Å². The molecule has 1 aromatic carbocycles. The lowest BCUT2D eigenvalue weighted by atomic mass is 10.1. The molecule has 0 bridgehead atoms. The van der Waals surface area contributed by atoms with Crippen LogP contribution >= 0.6 is 11.6 Å². The van der Waals surface area contributed by atoms with Crippen LogP contribution in [0.2, 0.25) is 5.15 Å². The summed E-state index contributed by atoms with van der Waals surface area (Å²) in [6.07, 6.45) is 0. The Morgan fingerprint density at radius 1 is 1.21 bits per heavy atom. The van der Waals surface area contributed by atoms with E-state index in [1.165, 1.54) is 0 Å². The molecule has 2 heterocycles. The van der Waals surface area contributed by atoms with Crippen LogP contribution in [0, 0.1) is 13.8 Å².